The van der Waals surface area contributed by atoms with Gasteiger partial charge in [0.2, 0.25) is 5.91 Å². The maximum absolute atomic E-state index is 13.4. The number of nitrogens with one attached hydrogen (secondary N) is 2. The van der Waals surface area contributed by atoms with Crippen LogP contribution in [0, 0.1) is 11.8 Å². The summed E-state index contributed by atoms with van der Waals surface area (Å²) in [4.78, 5) is 28.7. The molecule has 2 heterocycles. The molecule has 0 unspecified atom stereocenters. The highest BCUT2D eigenvalue weighted by Gasteiger charge is 2.42. The van der Waals surface area contributed by atoms with E-state index in [1.807, 2.05) is 62.9 Å². The first-order valence-corrected chi connectivity index (χ1v) is 16.0. The van der Waals surface area contributed by atoms with E-state index >= 15 is 0 Å². The molecule has 218 valence electrons. The Labute approximate surface area is 239 Å². The van der Waals surface area contributed by atoms with Gasteiger partial charge < -0.3 is 20.5 Å². The molecule has 1 aliphatic carbocycles. The summed E-state index contributed by atoms with van der Waals surface area (Å²) in [7, 11) is 0. The van der Waals surface area contributed by atoms with Gasteiger partial charge in [-0.05, 0) is 76.0 Å². The lowest BCUT2D eigenvalue weighted by molar-refractivity contribution is -0.132. The van der Waals surface area contributed by atoms with Crippen LogP contribution in [-0.2, 0) is 16.0 Å². The summed E-state index contributed by atoms with van der Waals surface area (Å²) < 4.78 is 5.85. The Bertz CT molecular complexity index is 940. The molecule has 3 aliphatic rings. The van der Waals surface area contributed by atoms with Crippen molar-refractivity contribution >= 4 is 23.8 Å². The average molecular weight is 560 g/mol. The van der Waals surface area contributed by atoms with E-state index in [0.29, 0.717) is 30.1 Å². The molecule has 1 aromatic rings. The molecule has 4 rings (SSSR count). The van der Waals surface area contributed by atoms with Gasteiger partial charge in [0.05, 0.1) is 18.2 Å². The van der Waals surface area contributed by atoms with Crippen LogP contribution in [0.5, 0.6) is 0 Å². The summed E-state index contributed by atoms with van der Waals surface area (Å²) in [6.45, 7) is 9.29. The number of fused-ring (bicyclic) bond motifs is 1. The highest BCUT2D eigenvalue weighted by molar-refractivity contribution is 8.00. The molecule has 2 aliphatic heterocycles. The highest BCUT2D eigenvalue weighted by Crippen LogP contribution is 2.39. The fourth-order valence-electron chi connectivity index (χ4n) is 6.61. The third kappa shape index (κ3) is 8.61. The topological polar surface area (TPSA) is 90.9 Å². The lowest BCUT2D eigenvalue weighted by atomic mass is 9.72. The largest absolute Gasteiger partial charge is 0.445 e. The third-order valence-corrected chi connectivity index (χ3v) is 10.1. The molecule has 7 nitrogen and oxygen atoms in total. The van der Waals surface area contributed by atoms with Crippen molar-refractivity contribution in [1.29, 1.82) is 0 Å². The lowest BCUT2D eigenvalue weighted by Gasteiger charge is -2.47. The molecular weight excluding hydrogens is 510 g/mol. The van der Waals surface area contributed by atoms with E-state index in [9.17, 15) is 14.7 Å². The average Bonchev–Trinajstić information content (AvgIpc) is 3.34. The molecule has 1 aromatic carbocycles. The van der Waals surface area contributed by atoms with Gasteiger partial charge in [-0.1, -0.05) is 56.5 Å². The van der Waals surface area contributed by atoms with Gasteiger partial charge in [0.1, 0.15) is 6.10 Å². The van der Waals surface area contributed by atoms with Crippen LogP contribution in [0.15, 0.2) is 30.3 Å². The molecule has 2 saturated heterocycles. The molecule has 2 amide bonds. The van der Waals surface area contributed by atoms with E-state index in [-0.39, 0.29) is 23.6 Å². The van der Waals surface area contributed by atoms with Gasteiger partial charge in [-0.3, -0.25) is 9.69 Å². The number of rotatable bonds is 9. The fourth-order valence-corrected chi connectivity index (χ4v) is 7.93. The summed E-state index contributed by atoms with van der Waals surface area (Å²) in [5.74, 6) is 2.16. The fraction of sp³-hybridized carbons (Fsp3) is 0.742. The van der Waals surface area contributed by atoms with Crippen LogP contribution in [0.2, 0.25) is 0 Å². The minimum absolute atomic E-state index is 0.0371. The molecule has 0 bridgehead atoms. The van der Waals surface area contributed by atoms with Gasteiger partial charge in [-0.2, -0.15) is 11.8 Å². The van der Waals surface area contributed by atoms with Crippen LogP contribution in [0.4, 0.5) is 4.79 Å². The normalized spacial score (nSPS) is 29.2. The number of piperidine rings is 1. The number of carbonyl (C=O) groups excluding carboxylic acids is 2. The van der Waals surface area contributed by atoms with Crippen molar-refractivity contribution in [3.05, 3.63) is 35.9 Å². The predicted octanol–water partition coefficient (Wildman–Crippen LogP) is 4.76. The maximum atomic E-state index is 13.4. The van der Waals surface area contributed by atoms with E-state index < -0.39 is 18.2 Å². The first-order valence-electron chi connectivity index (χ1n) is 15.0. The van der Waals surface area contributed by atoms with Gasteiger partial charge in [0.15, 0.2) is 0 Å². The molecular formula is C31H49N3O4S. The Morgan fingerprint density at radius 2 is 1.85 bits per heavy atom. The number of hydrogen-bond donors (Lipinski definition) is 3. The number of thioether (sulfide) groups is 1. The first kappa shape index (κ1) is 30.2. The Balaban J connectivity index is 1.48. The van der Waals surface area contributed by atoms with Crippen LogP contribution in [0.25, 0.3) is 0 Å². The van der Waals surface area contributed by atoms with E-state index in [1.165, 1.54) is 25.7 Å². The van der Waals surface area contributed by atoms with Crippen molar-refractivity contribution < 1.29 is 19.4 Å². The molecule has 39 heavy (non-hydrogen) atoms. The second kappa shape index (κ2) is 13.7. The summed E-state index contributed by atoms with van der Waals surface area (Å²) in [5.41, 5.74) is 0.721. The lowest BCUT2D eigenvalue weighted by Crippen LogP contribution is -2.60. The number of β-amino-alcohol motifs (C(OH)–C–C–N with tert-alkyl or cyclic N) is 1. The molecule has 3 fully saturated rings. The van der Waals surface area contributed by atoms with Gasteiger partial charge in [0, 0.05) is 23.9 Å². The minimum atomic E-state index is -0.845. The van der Waals surface area contributed by atoms with Crippen molar-refractivity contribution in [2.45, 2.75) is 114 Å². The summed E-state index contributed by atoms with van der Waals surface area (Å²) in [6.07, 6.45) is 6.59. The molecule has 1 saturated carbocycles. The summed E-state index contributed by atoms with van der Waals surface area (Å²) >= 11 is 1.86. The first-order chi connectivity index (χ1) is 18.6. The molecule has 0 spiro atoms. The Kier molecular flexibility index (Phi) is 10.6. The Hall–Kier alpha value is -1.77. The van der Waals surface area contributed by atoms with Crippen molar-refractivity contribution in [1.82, 2.24) is 15.5 Å². The van der Waals surface area contributed by atoms with E-state index in [2.05, 4.69) is 22.5 Å². The van der Waals surface area contributed by atoms with Crippen molar-refractivity contribution in [2.75, 3.05) is 18.8 Å². The third-order valence-electron chi connectivity index (χ3n) is 8.60. The molecule has 8 heteroatoms. The standard InChI is InChI=1S/C31H49N3O4S/c1-5-28-27(15-16-39-28)38-30(37)32-24(17-21-11-7-6-8-12-21)26(35)20-34-19-23-14-10-9-13-22(23)18-25(34)29(36)33-31(2,3)4/h6-8,11-12,22-28,35H,5,9-10,13-20H2,1-4H3,(H,32,37)(H,33,36)/t22-,23+,24-,25-,26+,27+,28+/m0/s1. The van der Waals surface area contributed by atoms with E-state index in [1.54, 1.807) is 0 Å². The predicted molar refractivity (Wildman–Crippen MR) is 158 cm³/mol. The summed E-state index contributed by atoms with van der Waals surface area (Å²) in [6, 6.07) is 9.14. The van der Waals surface area contributed by atoms with Crippen LogP contribution in [-0.4, -0.2) is 75.9 Å². The highest BCUT2D eigenvalue weighted by atomic mass is 32.2. The van der Waals surface area contributed by atoms with Crippen LogP contribution < -0.4 is 10.6 Å². The van der Waals surface area contributed by atoms with Gasteiger partial charge in [0.25, 0.3) is 0 Å². The van der Waals surface area contributed by atoms with E-state index in [0.717, 1.165) is 37.1 Å². The number of likely N-dealkylation sites (tertiary alicyclic amines) is 1. The van der Waals surface area contributed by atoms with Crippen molar-refractivity contribution in [2.24, 2.45) is 11.8 Å². The number of carbonyl (C=O) groups is 2. The van der Waals surface area contributed by atoms with E-state index in [4.69, 9.17) is 4.74 Å². The molecule has 3 N–H and O–H groups in total. The Morgan fingerprint density at radius 3 is 2.54 bits per heavy atom. The van der Waals surface area contributed by atoms with Crippen LogP contribution >= 0.6 is 11.8 Å². The van der Waals surface area contributed by atoms with Gasteiger partial charge >= 0.3 is 6.09 Å². The van der Waals surface area contributed by atoms with Crippen molar-refractivity contribution in [3.8, 4) is 0 Å². The van der Waals surface area contributed by atoms with Gasteiger partial charge in [-0.25, -0.2) is 4.79 Å². The minimum Gasteiger partial charge on any atom is -0.445 e. The number of aliphatic hydroxyl groups excluding tert-OH is 1. The number of alkyl carbamates (subject to hydrolysis) is 1. The SMILES string of the molecule is CC[C@H]1SCC[C@H]1OC(=O)N[C@@H](Cc1ccccc1)[C@H](O)CN1C[C@H]2CCCC[C@H]2C[C@H]1C(=O)NC(C)(C)C. The number of hydrogen-bond acceptors (Lipinski definition) is 6. The smallest absolute Gasteiger partial charge is 0.407 e. The van der Waals surface area contributed by atoms with Crippen molar-refractivity contribution in [3.63, 3.8) is 0 Å². The van der Waals surface area contributed by atoms with Crippen LogP contribution in [0.1, 0.15) is 78.2 Å². The monoisotopic (exact) mass is 559 g/mol. The zero-order valence-electron chi connectivity index (χ0n) is 24.2. The quantitative estimate of drug-likeness (QED) is 0.404. The molecule has 7 atom stereocenters. The zero-order chi connectivity index (χ0) is 28.0. The number of benzene rings is 1. The number of nitrogens with zero attached hydrogens (tertiary/aromatic N) is 1. The molecule has 0 aromatic heterocycles. The Morgan fingerprint density at radius 1 is 1.13 bits per heavy atom. The second-order valence-electron chi connectivity index (χ2n) is 12.8. The summed E-state index contributed by atoms with van der Waals surface area (Å²) in [5, 5.41) is 18.1. The second-order valence-corrected chi connectivity index (χ2v) is 14.2. The maximum Gasteiger partial charge on any atom is 0.407 e. The van der Waals surface area contributed by atoms with Gasteiger partial charge in [-0.15, -0.1) is 0 Å². The number of amides is 2. The molecule has 0 radical (unpaired) electrons. The number of aliphatic hydroxyl groups is 1. The number of ether oxygens (including phenoxy) is 1. The van der Waals surface area contributed by atoms with Crippen LogP contribution in [0.3, 0.4) is 0 Å². The zero-order valence-corrected chi connectivity index (χ0v) is 25.1.